The van der Waals surface area contributed by atoms with Crippen LogP contribution in [-0.4, -0.2) is 29.4 Å². The van der Waals surface area contributed by atoms with Crippen molar-refractivity contribution in [3.8, 4) is 11.3 Å². The Morgan fingerprint density at radius 2 is 1.93 bits per heavy atom. The van der Waals surface area contributed by atoms with Gasteiger partial charge in [0.2, 0.25) is 5.95 Å². The summed E-state index contributed by atoms with van der Waals surface area (Å²) in [6, 6.07) is 7.17. The number of hydrogen-bond donors (Lipinski definition) is 1. The topological polar surface area (TPSA) is 76.9 Å². The molecule has 27 heavy (non-hydrogen) atoms. The van der Waals surface area contributed by atoms with E-state index in [1.54, 1.807) is 20.0 Å². The van der Waals surface area contributed by atoms with Crippen LogP contribution in [0.5, 0.6) is 0 Å². The van der Waals surface area contributed by atoms with E-state index < -0.39 is 27.5 Å². The van der Waals surface area contributed by atoms with Crippen molar-refractivity contribution in [3.05, 3.63) is 65.7 Å². The Labute approximate surface area is 161 Å². The van der Waals surface area contributed by atoms with Crippen molar-refractivity contribution < 1.29 is 17.2 Å². The van der Waals surface area contributed by atoms with Crippen LogP contribution in [0.1, 0.15) is 11.3 Å². The van der Waals surface area contributed by atoms with E-state index in [9.17, 15) is 17.2 Å². The van der Waals surface area contributed by atoms with Crippen LogP contribution >= 0.6 is 12.4 Å². The molecule has 1 N–H and O–H groups in total. The van der Waals surface area contributed by atoms with Crippen molar-refractivity contribution in [2.45, 2.75) is 18.5 Å². The molecular formula is C17H17ClF2N4O2S. The van der Waals surface area contributed by atoms with Gasteiger partial charge in [-0.3, -0.25) is 0 Å². The molecule has 0 aromatic carbocycles. The summed E-state index contributed by atoms with van der Waals surface area (Å²) in [6.45, 7) is 1.72. The van der Waals surface area contributed by atoms with Gasteiger partial charge in [0.25, 0.3) is 10.0 Å². The van der Waals surface area contributed by atoms with Crippen molar-refractivity contribution in [2.24, 2.45) is 0 Å². The summed E-state index contributed by atoms with van der Waals surface area (Å²) in [6.07, 6.45) is 2.34. The second kappa shape index (κ2) is 8.12. The number of nitrogens with zero attached hydrogens (tertiary/aromatic N) is 3. The monoisotopic (exact) mass is 414 g/mol. The molecule has 0 aliphatic heterocycles. The molecule has 3 rings (SSSR count). The summed E-state index contributed by atoms with van der Waals surface area (Å²) in [4.78, 5) is 7.50. The lowest BCUT2D eigenvalue weighted by atomic mass is 10.2. The average molecular weight is 415 g/mol. The van der Waals surface area contributed by atoms with Gasteiger partial charge in [-0.25, -0.2) is 18.3 Å². The molecule has 3 aromatic rings. The standard InChI is InChI=1S/C17H16F2N4O2S.ClH/c1-11-5-3-7-14(22-11)26(24,25)23-10-12(9-20-2)15(18)16(23)13-6-4-8-21-17(13)19;/h3-8,10,20H,9H2,1-2H3;1H. The number of nitrogens with one attached hydrogen (secondary N) is 1. The zero-order valence-corrected chi connectivity index (χ0v) is 16.1. The highest BCUT2D eigenvalue weighted by Crippen LogP contribution is 2.31. The van der Waals surface area contributed by atoms with Gasteiger partial charge >= 0.3 is 0 Å². The molecule has 0 spiro atoms. The third-order valence-corrected chi connectivity index (χ3v) is 5.31. The van der Waals surface area contributed by atoms with Gasteiger partial charge in [0.1, 0.15) is 5.69 Å². The fourth-order valence-corrected chi connectivity index (χ4v) is 3.97. The zero-order valence-electron chi connectivity index (χ0n) is 14.5. The van der Waals surface area contributed by atoms with E-state index in [2.05, 4.69) is 15.3 Å². The summed E-state index contributed by atoms with van der Waals surface area (Å²) in [5, 5.41) is 2.50. The first-order chi connectivity index (χ1) is 12.4. The Bertz CT molecular complexity index is 1070. The Balaban J connectivity index is 0.00000261. The van der Waals surface area contributed by atoms with Gasteiger partial charge in [-0.2, -0.15) is 12.8 Å². The number of aromatic nitrogens is 3. The second-order valence-electron chi connectivity index (χ2n) is 5.61. The molecule has 0 fully saturated rings. The van der Waals surface area contributed by atoms with E-state index in [1.807, 2.05) is 0 Å². The molecule has 6 nitrogen and oxygen atoms in total. The Hall–Kier alpha value is -2.36. The molecule has 10 heteroatoms. The summed E-state index contributed by atoms with van der Waals surface area (Å²) in [5.41, 5.74) is -0.0852. The molecule has 3 aromatic heterocycles. The van der Waals surface area contributed by atoms with Crippen LogP contribution in [0.3, 0.4) is 0 Å². The summed E-state index contributed by atoms with van der Waals surface area (Å²) >= 11 is 0. The minimum atomic E-state index is -4.23. The Morgan fingerprint density at radius 3 is 2.56 bits per heavy atom. The first-order valence-corrected chi connectivity index (χ1v) is 9.14. The molecule has 144 valence electrons. The number of hydrogen-bond acceptors (Lipinski definition) is 5. The van der Waals surface area contributed by atoms with E-state index in [-0.39, 0.29) is 35.1 Å². The highest BCUT2D eigenvalue weighted by atomic mass is 35.5. The van der Waals surface area contributed by atoms with Crippen molar-refractivity contribution in [2.75, 3.05) is 7.05 Å². The van der Waals surface area contributed by atoms with Crippen molar-refractivity contribution in [1.82, 2.24) is 19.3 Å². The lowest BCUT2D eigenvalue weighted by molar-refractivity contribution is 0.573. The molecule has 0 atom stereocenters. The first-order valence-electron chi connectivity index (χ1n) is 7.70. The predicted molar refractivity (Wildman–Crippen MR) is 99.1 cm³/mol. The van der Waals surface area contributed by atoms with E-state index in [0.29, 0.717) is 5.69 Å². The van der Waals surface area contributed by atoms with E-state index >= 15 is 0 Å². The number of pyridine rings is 2. The maximum absolute atomic E-state index is 14.9. The third kappa shape index (κ3) is 3.85. The maximum Gasteiger partial charge on any atom is 0.285 e. The van der Waals surface area contributed by atoms with E-state index in [0.717, 1.165) is 10.2 Å². The molecule has 0 aliphatic rings. The van der Waals surface area contributed by atoms with Crippen molar-refractivity contribution in [1.29, 1.82) is 0 Å². The van der Waals surface area contributed by atoms with Crippen LogP contribution in [0.4, 0.5) is 8.78 Å². The fraction of sp³-hybridized carbons (Fsp3) is 0.176. The molecule has 0 radical (unpaired) electrons. The van der Waals surface area contributed by atoms with E-state index in [4.69, 9.17) is 0 Å². The summed E-state index contributed by atoms with van der Waals surface area (Å²) in [5.74, 6) is -1.79. The molecule has 0 amide bonds. The van der Waals surface area contributed by atoms with Gasteiger partial charge in [-0.1, -0.05) is 6.07 Å². The number of halogens is 3. The van der Waals surface area contributed by atoms with Gasteiger partial charge in [0, 0.05) is 30.2 Å². The highest BCUT2D eigenvalue weighted by Gasteiger charge is 2.29. The van der Waals surface area contributed by atoms with Crippen LogP contribution in [0, 0.1) is 18.7 Å². The molecular weight excluding hydrogens is 398 g/mol. The minimum Gasteiger partial charge on any atom is -0.316 e. The molecule has 0 saturated heterocycles. The maximum atomic E-state index is 14.9. The third-order valence-electron chi connectivity index (χ3n) is 3.75. The lowest BCUT2D eigenvalue weighted by Gasteiger charge is -2.10. The molecule has 0 unspecified atom stereocenters. The molecule has 3 heterocycles. The SMILES string of the molecule is CNCc1cn(S(=O)(=O)c2cccc(C)n2)c(-c2cccnc2F)c1F.Cl. The van der Waals surface area contributed by atoms with Gasteiger partial charge in [0.15, 0.2) is 10.8 Å². The predicted octanol–water partition coefficient (Wildman–Crippen LogP) is 2.91. The van der Waals surface area contributed by atoms with Crippen LogP contribution in [0.2, 0.25) is 0 Å². The Morgan fingerprint density at radius 1 is 1.19 bits per heavy atom. The van der Waals surface area contributed by atoms with Gasteiger partial charge in [-0.05, 0) is 38.2 Å². The minimum absolute atomic E-state index is 0. The number of rotatable bonds is 5. The normalized spacial score (nSPS) is 11.3. The smallest absolute Gasteiger partial charge is 0.285 e. The van der Waals surface area contributed by atoms with Crippen LogP contribution < -0.4 is 5.32 Å². The second-order valence-corrected chi connectivity index (χ2v) is 7.37. The summed E-state index contributed by atoms with van der Waals surface area (Å²) in [7, 11) is -2.64. The van der Waals surface area contributed by atoms with Crippen LogP contribution in [-0.2, 0) is 16.6 Å². The van der Waals surface area contributed by atoms with E-state index in [1.165, 1.54) is 30.5 Å². The number of aryl methyl sites for hydroxylation is 1. The summed E-state index contributed by atoms with van der Waals surface area (Å²) < 4.78 is 55.9. The average Bonchev–Trinajstić information content (AvgIpc) is 2.93. The van der Waals surface area contributed by atoms with Gasteiger partial charge in [0.05, 0.1) is 5.56 Å². The molecule has 0 aliphatic carbocycles. The van der Waals surface area contributed by atoms with Crippen molar-refractivity contribution in [3.63, 3.8) is 0 Å². The molecule has 0 saturated carbocycles. The van der Waals surface area contributed by atoms with Crippen LogP contribution in [0.25, 0.3) is 11.3 Å². The lowest BCUT2D eigenvalue weighted by Crippen LogP contribution is -2.16. The molecule has 0 bridgehead atoms. The largest absolute Gasteiger partial charge is 0.316 e. The quantitative estimate of drug-likeness (QED) is 0.649. The fourth-order valence-electron chi connectivity index (χ4n) is 2.58. The first kappa shape index (κ1) is 20.9. The zero-order chi connectivity index (χ0) is 18.9. The van der Waals surface area contributed by atoms with Gasteiger partial charge in [-0.15, -0.1) is 12.4 Å². The highest BCUT2D eigenvalue weighted by molar-refractivity contribution is 7.90. The Kier molecular flexibility index (Phi) is 6.30. The van der Waals surface area contributed by atoms with Gasteiger partial charge < -0.3 is 5.32 Å². The van der Waals surface area contributed by atoms with Crippen molar-refractivity contribution >= 4 is 22.4 Å². The van der Waals surface area contributed by atoms with Crippen LogP contribution in [0.15, 0.2) is 47.8 Å².